The van der Waals surface area contributed by atoms with Crippen molar-refractivity contribution >= 4 is 11.4 Å². The van der Waals surface area contributed by atoms with E-state index in [1.165, 1.54) is 23.3 Å². The molecule has 2 aromatic carbocycles. The van der Waals surface area contributed by atoms with Gasteiger partial charge in [-0.15, -0.1) is 0 Å². The molecule has 0 unspecified atom stereocenters. The summed E-state index contributed by atoms with van der Waals surface area (Å²) in [6.45, 7) is 2.98. The van der Waals surface area contributed by atoms with E-state index in [9.17, 15) is 4.39 Å². The number of rotatable bonds is 6. The van der Waals surface area contributed by atoms with E-state index in [4.69, 9.17) is 0 Å². The summed E-state index contributed by atoms with van der Waals surface area (Å²) >= 11 is 0. The minimum atomic E-state index is -0.215. The first kappa shape index (κ1) is 16.2. The van der Waals surface area contributed by atoms with Gasteiger partial charge in [0.15, 0.2) is 0 Å². The maximum Gasteiger partial charge on any atom is 0.123 e. The van der Waals surface area contributed by atoms with Gasteiger partial charge in [-0.1, -0.05) is 29.8 Å². The predicted molar refractivity (Wildman–Crippen MR) is 97.1 cm³/mol. The average molecular weight is 320 g/mol. The zero-order valence-corrected chi connectivity index (χ0v) is 13.8. The van der Waals surface area contributed by atoms with Crippen molar-refractivity contribution in [1.29, 1.82) is 0 Å². The lowest BCUT2D eigenvalue weighted by Crippen LogP contribution is -2.19. The maximum atomic E-state index is 13.2. The van der Waals surface area contributed by atoms with Crippen LogP contribution in [0.15, 0.2) is 73.1 Å². The zero-order valence-electron chi connectivity index (χ0n) is 13.8. The van der Waals surface area contributed by atoms with Crippen molar-refractivity contribution in [3.8, 4) is 0 Å². The first-order valence-electron chi connectivity index (χ1n) is 8.21. The quantitative estimate of drug-likeness (QED) is 0.612. The highest BCUT2D eigenvalue weighted by Gasteiger charge is 2.09. The number of benzene rings is 2. The smallest absolute Gasteiger partial charge is 0.123 e. The highest BCUT2D eigenvalue weighted by atomic mass is 19.1. The van der Waals surface area contributed by atoms with Gasteiger partial charge in [0.05, 0.1) is 0 Å². The summed E-state index contributed by atoms with van der Waals surface area (Å²) in [6, 6.07) is 19.2. The molecule has 122 valence electrons. The lowest BCUT2D eigenvalue weighted by molar-refractivity contribution is 0.627. The van der Waals surface area contributed by atoms with Gasteiger partial charge in [-0.2, -0.15) is 0 Å². The fourth-order valence-corrected chi connectivity index (χ4v) is 2.86. The molecule has 24 heavy (non-hydrogen) atoms. The molecular formula is C21H21FN2. The van der Waals surface area contributed by atoms with E-state index in [0.29, 0.717) is 0 Å². The van der Waals surface area contributed by atoms with Gasteiger partial charge in [-0.25, -0.2) is 4.39 Å². The standard InChI is InChI=1S/C21H21FN2/c1-17-4-2-5-18(16-17)6-3-15-24(21-11-13-23-14-12-21)20-9-7-19(22)8-10-20/h2,4-5,7-14,16H,3,6,15H2,1H3. The Labute approximate surface area is 142 Å². The number of aromatic nitrogens is 1. The van der Waals surface area contributed by atoms with Crippen molar-refractivity contribution in [2.75, 3.05) is 11.4 Å². The molecule has 0 spiro atoms. The van der Waals surface area contributed by atoms with Crippen LogP contribution in [0.5, 0.6) is 0 Å². The molecule has 0 bridgehead atoms. The van der Waals surface area contributed by atoms with E-state index in [1.54, 1.807) is 12.4 Å². The van der Waals surface area contributed by atoms with E-state index in [1.807, 2.05) is 24.3 Å². The van der Waals surface area contributed by atoms with Crippen molar-refractivity contribution in [3.05, 3.63) is 90.0 Å². The number of anilines is 2. The number of aryl methyl sites for hydroxylation is 2. The van der Waals surface area contributed by atoms with Crippen LogP contribution in [-0.2, 0) is 6.42 Å². The molecule has 3 rings (SSSR count). The van der Waals surface area contributed by atoms with Crippen molar-refractivity contribution in [1.82, 2.24) is 4.98 Å². The topological polar surface area (TPSA) is 16.1 Å². The molecule has 0 aliphatic carbocycles. The average Bonchev–Trinajstić information content (AvgIpc) is 2.61. The van der Waals surface area contributed by atoms with Gasteiger partial charge in [-0.3, -0.25) is 4.98 Å². The van der Waals surface area contributed by atoms with Crippen LogP contribution in [0.25, 0.3) is 0 Å². The van der Waals surface area contributed by atoms with Crippen LogP contribution >= 0.6 is 0 Å². The lowest BCUT2D eigenvalue weighted by Gasteiger charge is -2.25. The van der Waals surface area contributed by atoms with Crippen molar-refractivity contribution < 1.29 is 4.39 Å². The highest BCUT2D eigenvalue weighted by Crippen LogP contribution is 2.25. The van der Waals surface area contributed by atoms with Gasteiger partial charge >= 0.3 is 0 Å². The molecule has 0 N–H and O–H groups in total. The molecule has 1 heterocycles. The van der Waals surface area contributed by atoms with E-state index in [-0.39, 0.29) is 5.82 Å². The molecule has 0 aliphatic rings. The third kappa shape index (κ3) is 4.19. The Morgan fingerprint density at radius 3 is 2.33 bits per heavy atom. The molecule has 0 fully saturated rings. The second-order valence-corrected chi connectivity index (χ2v) is 5.93. The van der Waals surface area contributed by atoms with E-state index in [2.05, 4.69) is 41.1 Å². The van der Waals surface area contributed by atoms with Gasteiger partial charge in [-0.05, 0) is 61.7 Å². The Hall–Kier alpha value is -2.68. The molecule has 0 atom stereocenters. The van der Waals surface area contributed by atoms with Crippen LogP contribution in [0.3, 0.4) is 0 Å². The molecule has 0 saturated carbocycles. The minimum Gasteiger partial charge on any atom is -0.341 e. The highest BCUT2D eigenvalue weighted by molar-refractivity contribution is 5.62. The predicted octanol–water partition coefficient (Wildman–Crippen LogP) is 5.30. The minimum absolute atomic E-state index is 0.215. The first-order valence-corrected chi connectivity index (χ1v) is 8.21. The van der Waals surface area contributed by atoms with Crippen molar-refractivity contribution in [3.63, 3.8) is 0 Å². The maximum absolute atomic E-state index is 13.2. The second-order valence-electron chi connectivity index (χ2n) is 5.93. The summed E-state index contributed by atoms with van der Waals surface area (Å²) < 4.78 is 13.2. The van der Waals surface area contributed by atoms with Crippen LogP contribution < -0.4 is 4.90 Å². The van der Waals surface area contributed by atoms with Gasteiger partial charge in [0.25, 0.3) is 0 Å². The molecule has 0 saturated heterocycles. The van der Waals surface area contributed by atoms with Gasteiger partial charge in [0, 0.05) is 30.3 Å². The summed E-state index contributed by atoms with van der Waals surface area (Å²) in [5, 5.41) is 0. The molecular weight excluding hydrogens is 299 g/mol. The molecule has 0 radical (unpaired) electrons. The normalized spacial score (nSPS) is 10.6. The second kappa shape index (κ2) is 7.73. The number of hydrogen-bond donors (Lipinski definition) is 0. The third-order valence-electron chi connectivity index (χ3n) is 4.04. The summed E-state index contributed by atoms with van der Waals surface area (Å²) in [6.07, 6.45) is 5.60. The monoisotopic (exact) mass is 320 g/mol. The Morgan fingerprint density at radius 1 is 0.917 bits per heavy atom. The van der Waals surface area contributed by atoms with Crippen LogP contribution in [0.2, 0.25) is 0 Å². The van der Waals surface area contributed by atoms with Crippen LogP contribution in [0.4, 0.5) is 15.8 Å². The summed E-state index contributed by atoms with van der Waals surface area (Å²) in [4.78, 5) is 6.29. The Morgan fingerprint density at radius 2 is 1.62 bits per heavy atom. The molecule has 3 aromatic rings. The first-order chi connectivity index (χ1) is 11.7. The SMILES string of the molecule is Cc1cccc(CCCN(c2ccncc2)c2ccc(F)cc2)c1. The Bertz CT molecular complexity index is 769. The Kier molecular flexibility index (Phi) is 5.22. The lowest BCUT2D eigenvalue weighted by atomic mass is 10.1. The number of hydrogen-bond acceptors (Lipinski definition) is 2. The summed E-state index contributed by atoms with van der Waals surface area (Å²) in [7, 11) is 0. The number of nitrogens with zero attached hydrogens (tertiary/aromatic N) is 2. The molecule has 2 nitrogen and oxygen atoms in total. The Balaban J connectivity index is 1.74. The fraction of sp³-hybridized carbons (Fsp3) is 0.190. The van der Waals surface area contributed by atoms with E-state index < -0.39 is 0 Å². The van der Waals surface area contributed by atoms with Gasteiger partial charge < -0.3 is 4.90 Å². The molecule has 1 aromatic heterocycles. The zero-order chi connectivity index (χ0) is 16.8. The summed E-state index contributed by atoms with van der Waals surface area (Å²) in [5.74, 6) is -0.215. The van der Waals surface area contributed by atoms with E-state index >= 15 is 0 Å². The van der Waals surface area contributed by atoms with Crippen molar-refractivity contribution in [2.45, 2.75) is 19.8 Å². The molecule has 0 amide bonds. The largest absolute Gasteiger partial charge is 0.341 e. The van der Waals surface area contributed by atoms with Crippen LogP contribution in [-0.4, -0.2) is 11.5 Å². The van der Waals surface area contributed by atoms with Crippen molar-refractivity contribution in [2.24, 2.45) is 0 Å². The number of pyridine rings is 1. The van der Waals surface area contributed by atoms with Gasteiger partial charge in [0.1, 0.15) is 5.82 Å². The summed E-state index contributed by atoms with van der Waals surface area (Å²) in [5.41, 5.74) is 4.70. The molecule has 0 aliphatic heterocycles. The molecule has 3 heteroatoms. The van der Waals surface area contributed by atoms with Crippen LogP contribution in [0, 0.1) is 12.7 Å². The fourth-order valence-electron chi connectivity index (χ4n) is 2.86. The van der Waals surface area contributed by atoms with Gasteiger partial charge in [0.2, 0.25) is 0 Å². The van der Waals surface area contributed by atoms with Crippen LogP contribution in [0.1, 0.15) is 17.5 Å². The number of halogens is 1. The third-order valence-corrected chi connectivity index (χ3v) is 4.04. The van der Waals surface area contributed by atoms with E-state index in [0.717, 1.165) is 30.8 Å².